The standard InChI is InChI=1S/C18H15FN2O3/c19-15-8-6-13(7-9-15)11-20-18(22)16-10-17(21-24-16)23-12-14-4-2-1-3-5-14/h1-10H,11-12H2,(H,20,22). The number of carbonyl (C=O) groups is 1. The van der Waals surface area contributed by atoms with Crippen LogP contribution in [-0.4, -0.2) is 11.1 Å². The molecule has 1 heterocycles. The molecule has 0 atom stereocenters. The predicted molar refractivity (Wildman–Crippen MR) is 84.8 cm³/mol. The zero-order valence-corrected chi connectivity index (χ0v) is 12.7. The molecule has 2 aromatic carbocycles. The van der Waals surface area contributed by atoms with Crippen LogP contribution in [0.2, 0.25) is 0 Å². The van der Waals surface area contributed by atoms with E-state index in [1.165, 1.54) is 18.2 Å². The van der Waals surface area contributed by atoms with Crippen molar-refractivity contribution in [3.05, 3.63) is 83.4 Å². The van der Waals surface area contributed by atoms with Gasteiger partial charge in [0.2, 0.25) is 5.76 Å². The van der Waals surface area contributed by atoms with Gasteiger partial charge in [0, 0.05) is 6.54 Å². The van der Waals surface area contributed by atoms with Crippen molar-refractivity contribution in [2.24, 2.45) is 0 Å². The highest BCUT2D eigenvalue weighted by molar-refractivity contribution is 5.91. The molecule has 6 heteroatoms. The minimum atomic E-state index is -0.415. The van der Waals surface area contributed by atoms with Gasteiger partial charge in [-0.05, 0) is 28.4 Å². The quantitative estimate of drug-likeness (QED) is 0.755. The summed E-state index contributed by atoms with van der Waals surface area (Å²) in [5, 5.41) is 6.38. The number of nitrogens with one attached hydrogen (secondary N) is 1. The molecule has 3 aromatic rings. The van der Waals surface area contributed by atoms with Crippen LogP contribution < -0.4 is 10.1 Å². The Labute approximate surface area is 138 Å². The Kier molecular flexibility index (Phi) is 4.86. The first-order chi connectivity index (χ1) is 11.7. The van der Waals surface area contributed by atoms with Crippen molar-refractivity contribution in [3.63, 3.8) is 0 Å². The molecule has 0 aliphatic heterocycles. The van der Waals surface area contributed by atoms with E-state index < -0.39 is 5.91 Å². The van der Waals surface area contributed by atoms with E-state index in [4.69, 9.17) is 9.26 Å². The number of aromatic nitrogens is 1. The fourth-order valence-electron chi connectivity index (χ4n) is 2.04. The number of hydrogen-bond acceptors (Lipinski definition) is 4. The fraction of sp³-hybridized carbons (Fsp3) is 0.111. The SMILES string of the molecule is O=C(NCc1ccc(F)cc1)c1cc(OCc2ccccc2)no1. The Morgan fingerprint density at radius 2 is 1.83 bits per heavy atom. The lowest BCUT2D eigenvalue weighted by Gasteiger charge is -2.02. The molecular formula is C18H15FN2O3. The average Bonchev–Trinajstić information content (AvgIpc) is 3.09. The van der Waals surface area contributed by atoms with Crippen molar-refractivity contribution in [2.45, 2.75) is 13.2 Å². The Balaban J connectivity index is 1.52. The highest BCUT2D eigenvalue weighted by Gasteiger charge is 2.13. The molecule has 0 fully saturated rings. The molecule has 0 saturated carbocycles. The van der Waals surface area contributed by atoms with E-state index in [0.717, 1.165) is 11.1 Å². The average molecular weight is 326 g/mol. The zero-order valence-electron chi connectivity index (χ0n) is 12.7. The molecular weight excluding hydrogens is 311 g/mol. The van der Waals surface area contributed by atoms with Gasteiger partial charge in [-0.3, -0.25) is 4.79 Å². The topological polar surface area (TPSA) is 64.4 Å². The third kappa shape index (κ3) is 4.19. The minimum absolute atomic E-state index is 0.0557. The number of amides is 1. The van der Waals surface area contributed by atoms with Gasteiger partial charge in [0.15, 0.2) is 0 Å². The van der Waals surface area contributed by atoms with Gasteiger partial charge in [-0.15, -0.1) is 0 Å². The van der Waals surface area contributed by atoms with Crippen molar-refractivity contribution < 1.29 is 18.4 Å². The number of hydrogen-bond donors (Lipinski definition) is 1. The van der Waals surface area contributed by atoms with Crippen LogP contribution in [-0.2, 0) is 13.2 Å². The molecule has 0 radical (unpaired) electrons. The number of rotatable bonds is 6. The molecule has 122 valence electrons. The summed E-state index contributed by atoms with van der Waals surface area (Å²) in [6.07, 6.45) is 0. The van der Waals surface area contributed by atoms with E-state index in [0.29, 0.717) is 6.61 Å². The van der Waals surface area contributed by atoms with Gasteiger partial charge in [-0.2, -0.15) is 0 Å². The van der Waals surface area contributed by atoms with Crippen molar-refractivity contribution >= 4 is 5.91 Å². The maximum Gasteiger partial charge on any atom is 0.290 e. The normalized spacial score (nSPS) is 10.4. The largest absolute Gasteiger partial charge is 0.471 e. The number of halogens is 1. The van der Waals surface area contributed by atoms with Gasteiger partial charge in [0.05, 0.1) is 6.07 Å². The lowest BCUT2D eigenvalue weighted by atomic mass is 10.2. The van der Waals surface area contributed by atoms with Gasteiger partial charge in [-0.1, -0.05) is 42.5 Å². The van der Waals surface area contributed by atoms with Crippen molar-refractivity contribution in [2.75, 3.05) is 0 Å². The number of ether oxygens (including phenoxy) is 1. The Hall–Kier alpha value is -3.15. The van der Waals surface area contributed by atoms with E-state index in [9.17, 15) is 9.18 Å². The molecule has 0 saturated heterocycles. The zero-order chi connectivity index (χ0) is 16.8. The molecule has 0 bridgehead atoms. The summed E-state index contributed by atoms with van der Waals surface area (Å²) < 4.78 is 23.3. The Bertz CT molecular complexity index is 801. The molecule has 1 aromatic heterocycles. The van der Waals surface area contributed by atoms with Crippen LogP contribution in [0.15, 0.2) is 65.2 Å². The van der Waals surface area contributed by atoms with Crippen LogP contribution in [0.3, 0.4) is 0 Å². The minimum Gasteiger partial charge on any atom is -0.471 e. The van der Waals surface area contributed by atoms with Gasteiger partial charge < -0.3 is 14.6 Å². The molecule has 5 nitrogen and oxygen atoms in total. The molecule has 0 aliphatic rings. The smallest absolute Gasteiger partial charge is 0.290 e. The lowest BCUT2D eigenvalue weighted by Crippen LogP contribution is -2.22. The Morgan fingerprint density at radius 3 is 2.58 bits per heavy atom. The summed E-state index contributed by atoms with van der Waals surface area (Å²) in [7, 11) is 0. The highest BCUT2D eigenvalue weighted by Crippen LogP contribution is 2.13. The Morgan fingerprint density at radius 1 is 1.08 bits per heavy atom. The molecule has 24 heavy (non-hydrogen) atoms. The van der Waals surface area contributed by atoms with Crippen LogP contribution in [0.1, 0.15) is 21.7 Å². The fourth-order valence-corrected chi connectivity index (χ4v) is 2.04. The number of benzene rings is 2. The van der Waals surface area contributed by atoms with Crippen LogP contribution >= 0.6 is 0 Å². The molecule has 1 amide bonds. The van der Waals surface area contributed by atoms with Gasteiger partial charge in [0.1, 0.15) is 12.4 Å². The van der Waals surface area contributed by atoms with Crippen LogP contribution in [0.4, 0.5) is 4.39 Å². The number of carbonyl (C=O) groups excluding carboxylic acids is 1. The van der Waals surface area contributed by atoms with Crippen molar-refractivity contribution in [1.82, 2.24) is 10.5 Å². The van der Waals surface area contributed by atoms with E-state index in [1.807, 2.05) is 30.3 Å². The van der Waals surface area contributed by atoms with E-state index in [2.05, 4.69) is 10.5 Å². The number of nitrogens with zero attached hydrogens (tertiary/aromatic N) is 1. The van der Waals surface area contributed by atoms with Crippen LogP contribution in [0, 0.1) is 5.82 Å². The first-order valence-electron chi connectivity index (χ1n) is 7.37. The van der Waals surface area contributed by atoms with E-state index >= 15 is 0 Å². The maximum atomic E-state index is 12.8. The lowest BCUT2D eigenvalue weighted by molar-refractivity contribution is 0.0913. The van der Waals surface area contributed by atoms with Crippen LogP contribution in [0.5, 0.6) is 5.88 Å². The molecule has 1 N–H and O–H groups in total. The van der Waals surface area contributed by atoms with Gasteiger partial charge in [-0.25, -0.2) is 4.39 Å². The maximum absolute atomic E-state index is 12.8. The van der Waals surface area contributed by atoms with Gasteiger partial charge in [0.25, 0.3) is 11.8 Å². The molecule has 0 unspecified atom stereocenters. The van der Waals surface area contributed by atoms with E-state index in [-0.39, 0.29) is 24.0 Å². The summed E-state index contributed by atoms with van der Waals surface area (Å²) in [5.74, 6) is -0.437. The van der Waals surface area contributed by atoms with Crippen LogP contribution in [0.25, 0.3) is 0 Å². The van der Waals surface area contributed by atoms with Crippen molar-refractivity contribution in [1.29, 1.82) is 0 Å². The summed E-state index contributed by atoms with van der Waals surface area (Å²) in [6, 6.07) is 16.9. The second-order valence-corrected chi connectivity index (χ2v) is 5.11. The highest BCUT2D eigenvalue weighted by atomic mass is 19.1. The molecule has 0 aliphatic carbocycles. The summed E-state index contributed by atoms with van der Waals surface area (Å²) in [4.78, 5) is 12.0. The summed E-state index contributed by atoms with van der Waals surface area (Å²) >= 11 is 0. The monoisotopic (exact) mass is 326 g/mol. The van der Waals surface area contributed by atoms with Gasteiger partial charge >= 0.3 is 0 Å². The predicted octanol–water partition coefficient (Wildman–Crippen LogP) is 3.32. The second-order valence-electron chi connectivity index (χ2n) is 5.11. The third-order valence-electron chi connectivity index (χ3n) is 3.31. The first kappa shape index (κ1) is 15.7. The first-order valence-corrected chi connectivity index (χ1v) is 7.37. The van der Waals surface area contributed by atoms with E-state index in [1.54, 1.807) is 12.1 Å². The summed E-state index contributed by atoms with van der Waals surface area (Å²) in [5.41, 5.74) is 1.77. The third-order valence-corrected chi connectivity index (χ3v) is 3.31. The summed E-state index contributed by atoms with van der Waals surface area (Å²) in [6.45, 7) is 0.601. The second kappa shape index (κ2) is 7.41. The molecule has 0 spiro atoms. The van der Waals surface area contributed by atoms with Crippen molar-refractivity contribution in [3.8, 4) is 5.88 Å². The molecule has 3 rings (SSSR count).